The molecule has 0 bridgehead atoms. The molecule has 140 valence electrons. The number of methoxy groups -OCH3 is 1. The molecule has 1 amide bonds. The molecule has 0 spiro atoms. The molecule has 0 atom stereocenters. The second kappa shape index (κ2) is 7.72. The maximum Gasteiger partial charge on any atom is 0.410 e. The first-order valence-electron chi connectivity index (χ1n) is 8.96. The summed E-state index contributed by atoms with van der Waals surface area (Å²) in [6, 6.07) is 7.53. The smallest absolute Gasteiger partial charge is 0.410 e. The molecular weight excluding hydrogens is 334 g/mol. The molecule has 0 saturated heterocycles. The molecule has 1 aliphatic rings. The Morgan fingerprint density at radius 3 is 2.54 bits per heavy atom. The van der Waals surface area contributed by atoms with Crippen molar-refractivity contribution in [3.63, 3.8) is 0 Å². The van der Waals surface area contributed by atoms with Crippen molar-refractivity contribution in [3.8, 4) is 11.4 Å². The van der Waals surface area contributed by atoms with Gasteiger partial charge in [0.05, 0.1) is 19.4 Å². The molecule has 1 aromatic carbocycles. The lowest BCUT2D eigenvalue weighted by Gasteiger charge is -2.42. The van der Waals surface area contributed by atoms with Gasteiger partial charge in [0, 0.05) is 7.05 Å². The van der Waals surface area contributed by atoms with Crippen molar-refractivity contribution in [1.29, 1.82) is 0 Å². The molecular formula is C18H25N5O3. The van der Waals surface area contributed by atoms with Crippen molar-refractivity contribution in [1.82, 2.24) is 25.1 Å². The largest absolute Gasteiger partial charge is 0.497 e. The summed E-state index contributed by atoms with van der Waals surface area (Å²) in [7, 11) is 3.40. The number of aromatic nitrogens is 4. The van der Waals surface area contributed by atoms with E-state index in [9.17, 15) is 4.79 Å². The van der Waals surface area contributed by atoms with E-state index in [1.165, 1.54) is 0 Å². The minimum Gasteiger partial charge on any atom is -0.497 e. The highest BCUT2D eigenvalue weighted by atomic mass is 16.6. The van der Waals surface area contributed by atoms with Gasteiger partial charge in [0.2, 0.25) is 0 Å². The summed E-state index contributed by atoms with van der Waals surface area (Å²) in [5.41, 5.74) is 0.251. The zero-order valence-electron chi connectivity index (χ0n) is 15.5. The summed E-state index contributed by atoms with van der Waals surface area (Å²) in [5.74, 6) is 1.43. The first-order valence-corrected chi connectivity index (χ1v) is 8.96. The van der Waals surface area contributed by atoms with Crippen LogP contribution in [0.1, 0.15) is 44.9 Å². The summed E-state index contributed by atoms with van der Waals surface area (Å²) >= 11 is 0. The van der Waals surface area contributed by atoms with E-state index in [2.05, 4.69) is 15.5 Å². The van der Waals surface area contributed by atoms with E-state index in [0.717, 1.165) is 43.5 Å². The van der Waals surface area contributed by atoms with Gasteiger partial charge in [-0.1, -0.05) is 19.3 Å². The molecule has 0 radical (unpaired) electrons. The molecule has 0 N–H and O–H groups in total. The second-order valence-electron chi connectivity index (χ2n) is 6.46. The van der Waals surface area contributed by atoms with E-state index in [1.807, 2.05) is 24.3 Å². The molecule has 0 aliphatic heterocycles. The molecule has 1 fully saturated rings. The first-order chi connectivity index (χ1) is 12.6. The normalized spacial score (nSPS) is 16.1. The van der Waals surface area contributed by atoms with Gasteiger partial charge in [-0.3, -0.25) is 4.90 Å². The van der Waals surface area contributed by atoms with Crippen molar-refractivity contribution in [2.75, 3.05) is 20.8 Å². The van der Waals surface area contributed by atoms with Gasteiger partial charge in [0.25, 0.3) is 0 Å². The summed E-state index contributed by atoms with van der Waals surface area (Å²) in [6.45, 7) is 2.14. The molecule has 3 rings (SSSR count). The predicted molar refractivity (Wildman–Crippen MR) is 95.3 cm³/mol. The topological polar surface area (TPSA) is 82.4 Å². The molecule has 8 heteroatoms. The summed E-state index contributed by atoms with van der Waals surface area (Å²) in [5, 5.41) is 12.4. The van der Waals surface area contributed by atoms with Crippen LogP contribution in [0.5, 0.6) is 5.75 Å². The van der Waals surface area contributed by atoms with Crippen LogP contribution in [0.4, 0.5) is 4.79 Å². The fourth-order valence-corrected chi connectivity index (χ4v) is 3.62. The number of ether oxygens (including phenoxy) is 2. The summed E-state index contributed by atoms with van der Waals surface area (Å²) in [4.78, 5) is 14.2. The lowest BCUT2D eigenvalue weighted by Crippen LogP contribution is -2.50. The number of hydrogen-bond acceptors (Lipinski definition) is 6. The zero-order chi connectivity index (χ0) is 18.6. The maximum absolute atomic E-state index is 12.5. The van der Waals surface area contributed by atoms with Gasteiger partial charge < -0.3 is 9.47 Å². The van der Waals surface area contributed by atoms with Gasteiger partial charge in [-0.25, -0.2) is 4.79 Å². The van der Waals surface area contributed by atoms with Gasteiger partial charge in [-0.2, -0.15) is 4.68 Å². The Balaban J connectivity index is 2.02. The third-order valence-corrected chi connectivity index (χ3v) is 5.07. The summed E-state index contributed by atoms with van der Waals surface area (Å²) in [6.07, 6.45) is 4.43. The molecule has 1 aliphatic carbocycles. The average molecular weight is 359 g/mol. The summed E-state index contributed by atoms with van der Waals surface area (Å²) < 4.78 is 12.2. The van der Waals surface area contributed by atoms with Gasteiger partial charge >= 0.3 is 6.09 Å². The van der Waals surface area contributed by atoms with Gasteiger partial charge in [-0.05, 0) is 54.5 Å². The van der Waals surface area contributed by atoms with Crippen LogP contribution in [0.2, 0.25) is 0 Å². The molecule has 26 heavy (non-hydrogen) atoms. The van der Waals surface area contributed by atoms with E-state index < -0.39 is 5.54 Å². The van der Waals surface area contributed by atoms with Crippen LogP contribution in [-0.4, -0.2) is 52.0 Å². The highest BCUT2D eigenvalue weighted by Gasteiger charge is 2.45. The highest BCUT2D eigenvalue weighted by Crippen LogP contribution is 2.41. The Hall–Kier alpha value is -2.64. The van der Waals surface area contributed by atoms with Gasteiger partial charge in [0.1, 0.15) is 11.3 Å². The number of hydrogen-bond donors (Lipinski definition) is 0. The highest BCUT2D eigenvalue weighted by molar-refractivity contribution is 5.68. The van der Waals surface area contributed by atoms with Crippen LogP contribution in [0.25, 0.3) is 5.69 Å². The average Bonchev–Trinajstić information content (AvgIpc) is 3.18. The zero-order valence-corrected chi connectivity index (χ0v) is 15.5. The Bertz CT molecular complexity index is 738. The number of rotatable bonds is 5. The van der Waals surface area contributed by atoms with Crippen LogP contribution >= 0.6 is 0 Å². The van der Waals surface area contributed by atoms with E-state index in [-0.39, 0.29) is 6.09 Å². The van der Waals surface area contributed by atoms with E-state index in [1.54, 1.807) is 30.7 Å². The third kappa shape index (κ3) is 3.23. The fourth-order valence-electron chi connectivity index (χ4n) is 3.62. The lowest BCUT2D eigenvalue weighted by atomic mass is 9.79. The van der Waals surface area contributed by atoms with E-state index in [0.29, 0.717) is 12.4 Å². The minimum absolute atomic E-state index is 0.336. The Labute approximate surface area is 153 Å². The van der Waals surface area contributed by atoms with Crippen molar-refractivity contribution in [2.24, 2.45) is 0 Å². The molecule has 1 aromatic heterocycles. The molecule has 1 heterocycles. The van der Waals surface area contributed by atoms with Gasteiger partial charge in [-0.15, -0.1) is 5.10 Å². The van der Waals surface area contributed by atoms with Crippen molar-refractivity contribution in [3.05, 3.63) is 30.1 Å². The monoisotopic (exact) mass is 359 g/mol. The van der Waals surface area contributed by atoms with Crippen LogP contribution < -0.4 is 4.74 Å². The number of carbonyl (C=O) groups is 1. The number of benzene rings is 1. The SMILES string of the molecule is CCOC(=O)N(C)C1(c2nnnn2-c2ccc(OC)cc2)CCCCC1. The van der Waals surface area contributed by atoms with E-state index >= 15 is 0 Å². The predicted octanol–water partition coefficient (Wildman–Crippen LogP) is 2.92. The third-order valence-electron chi connectivity index (χ3n) is 5.07. The molecule has 2 aromatic rings. The second-order valence-corrected chi connectivity index (χ2v) is 6.46. The Morgan fingerprint density at radius 1 is 1.23 bits per heavy atom. The standard InChI is InChI=1S/C18H25N5O3/c1-4-26-17(24)22(2)18(12-6-5-7-13-18)16-19-20-21-23(16)14-8-10-15(25-3)11-9-14/h8-11H,4-7,12-13H2,1-3H3. The van der Waals surface area contributed by atoms with Gasteiger partial charge in [0.15, 0.2) is 5.82 Å². The van der Waals surface area contributed by atoms with Crippen molar-refractivity contribution in [2.45, 2.75) is 44.6 Å². The van der Waals surface area contributed by atoms with Crippen LogP contribution in [-0.2, 0) is 10.3 Å². The van der Waals surface area contributed by atoms with E-state index in [4.69, 9.17) is 9.47 Å². The Kier molecular flexibility index (Phi) is 5.39. The van der Waals surface area contributed by atoms with Crippen LogP contribution in [0, 0.1) is 0 Å². The van der Waals surface area contributed by atoms with Crippen LogP contribution in [0.3, 0.4) is 0 Å². The molecule has 8 nitrogen and oxygen atoms in total. The number of carbonyl (C=O) groups excluding carboxylic acids is 1. The first kappa shape index (κ1) is 18.2. The van der Waals surface area contributed by atoms with Crippen molar-refractivity contribution >= 4 is 6.09 Å². The number of nitrogens with zero attached hydrogens (tertiary/aromatic N) is 5. The fraction of sp³-hybridized carbons (Fsp3) is 0.556. The number of amides is 1. The number of tetrazole rings is 1. The maximum atomic E-state index is 12.5. The Morgan fingerprint density at radius 2 is 1.92 bits per heavy atom. The molecule has 1 saturated carbocycles. The lowest BCUT2D eigenvalue weighted by molar-refractivity contribution is 0.0390. The van der Waals surface area contributed by atoms with Crippen LogP contribution in [0.15, 0.2) is 24.3 Å². The van der Waals surface area contributed by atoms with Crippen molar-refractivity contribution < 1.29 is 14.3 Å². The minimum atomic E-state index is -0.575. The molecule has 0 unspecified atom stereocenters. The quantitative estimate of drug-likeness (QED) is 0.816.